The normalized spacial score (nSPS) is 12.2. The Hall–Kier alpha value is -0.930. The predicted molar refractivity (Wildman–Crippen MR) is 89.0 cm³/mol. The minimum atomic E-state index is -0.405. The molecule has 0 aromatic heterocycles. The fourth-order valence-electron chi connectivity index (χ4n) is 2.31. The number of halogens is 2. The molecule has 1 unspecified atom stereocenters. The lowest BCUT2D eigenvalue weighted by molar-refractivity contribution is -0.145. The quantitative estimate of drug-likeness (QED) is 0.405. The molecule has 1 aromatic rings. The van der Waals surface area contributed by atoms with Crippen molar-refractivity contribution < 1.29 is 9.53 Å². The second-order valence-corrected chi connectivity index (χ2v) is 5.89. The Balaban J connectivity index is 2.97. The van der Waals surface area contributed by atoms with Crippen LogP contribution in [0.1, 0.15) is 57.4 Å². The number of carbonyl (C=O) groups is 1. The van der Waals surface area contributed by atoms with Crippen molar-refractivity contribution in [3.05, 3.63) is 27.7 Å². The number of unbranched alkanes of at least 4 members (excludes halogenated alkanes) is 3. The smallest absolute Gasteiger partial charge is 0.313 e. The van der Waals surface area contributed by atoms with Crippen molar-refractivity contribution in [2.24, 2.45) is 0 Å². The molecule has 3 nitrogen and oxygen atoms in total. The van der Waals surface area contributed by atoms with E-state index >= 15 is 0 Å². The van der Waals surface area contributed by atoms with Crippen molar-refractivity contribution in [3.63, 3.8) is 0 Å². The van der Waals surface area contributed by atoms with Crippen LogP contribution < -0.4 is 5.73 Å². The van der Waals surface area contributed by atoms with Crippen molar-refractivity contribution in [2.45, 2.75) is 51.9 Å². The zero-order valence-electron chi connectivity index (χ0n) is 12.6. The van der Waals surface area contributed by atoms with E-state index in [2.05, 4.69) is 6.92 Å². The monoisotopic (exact) mass is 331 g/mol. The number of hydrogen-bond donors (Lipinski definition) is 1. The number of rotatable bonds is 8. The van der Waals surface area contributed by atoms with Crippen LogP contribution in [0.5, 0.6) is 0 Å². The largest absolute Gasteiger partial charge is 0.466 e. The van der Waals surface area contributed by atoms with Gasteiger partial charge in [0, 0.05) is 5.02 Å². The lowest BCUT2D eigenvalue weighted by Crippen LogP contribution is -2.17. The first kappa shape index (κ1) is 18.1. The summed E-state index contributed by atoms with van der Waals surface area (Å²) in [6, 6.07) is 3.30. The highest BCUT2D eigenvalue weighted by Crippen LogP contribution is 2.35. The van der Waals surface area contributed by atoms with Crippen molar-refractivity contribution in [1.82, 2.24) is 0 Å². The molecule has 0 fully saturated rings. The molecule has 21 heavy (non-hydrogen) atoms. The van der Waals surface area contributed by atoms with Gasteiger partial charge in [-0.15, -0.1) is 0 Å². The summed E-state index contributed by atoms with van der Waals surface area (Å²) in [6.07, 6.45) is 5.03. The summed E-state index contributed by atoms with van der Waals surface area (Å²) in [6.45, 7) is 4.29. The van der Waals surface area contributed by atoms with Crippen LogP contribution in [-0.4, -0.2) is 12.6 Å². The van der Waals surface area contributed by atoms with Crippen molar-refractivity contribution >= 4 is 34.9 Å². The Morgan fingerprint density at radius 1 is 1.24 bits per heavy atom. The van der Waals surface area contributed by atoms with E-state index in [0.717, 1.165) is 25.7 Å². The zero-order chi connectivity index (χ0) is 15.8. The molecule has 0 aliphatic carbocycles. The summed E-state index contributed by atoms with van der Waals surface area (Å²) in [4.78, 5) is 12.2. The van der Waals surface area contributed by atoms with E-state index < -0.39 is 5.92 Å². The molecule has 0 radical (unpaired) electrons. The highest BCUT2D eigenvalue weighted by molar-refractivity contribution is 6.36. The van der Waals surface area contributed by atoms with Gasteiger partial charge in [0.15, 0.2) is 0 Å². The molecule has 0 heterocycles. The second-order valence-electron chi connectivity index (χ2n) is 5.04. The number of esters is 1. The van der Waals surface area contributed by atoms with Crippen LogP contribution in [0, 0.1) is 0 Å². The predicted octanol–water partition coefficient (Wildman–Crippen LogP) is 5.19. The lowest BCUT2D eigenvalue weighted by Gasteiger charge is -2.19. The Morgan fingerprint density at radius 2 is 1.95 bits per heavy atom. The average molecular weight is 332 g/mol. The Bertz CT molecular complexity index is 478. The molecule has 0 aliphatic heterocycles. The topological polar surface area (TPSA) is 52.3 Å². The SMILES string of the molecule is CCCCCCC(C(=O)OCC)c1cc(Cl)cc(Cl)c1N. The van der Waals surface area contributed by atoms with E-state index in [-0.39, 0.29) is 5.97 Å². The van der Waals surface area contributed by atoms with Gasteiger partial charge in [0.05, 0.1) is 23.2 Å². The third-order valence-corrected chi connectivity index (χ3v) is 3.95. The number of anilines is 1. The minimum Gasteiger partial charge on any atom is -0.466 e. The molecule has 0 bridgehead atoms. The molecule has 0 aliphatic rings. The van der Waals surface area contributed by atoms with E-state index in [9.17, 15) is 4.79 Å². The Morgan fingerprint density at radius 3 is 2.57 bits per heavy atom. The van der Waals surface area contributed by atoms with E-state index in [1.807, 2.05) is 0 Å². The van der Waals surface area contributed by atoms with Gasteiger partial charge in [-0.1, -0.05) is 55.8 Å². The first-order valence-corrected chi connectivity index (χ1v) is 8.17. The third-order valence-electron chi connectivity index (χ3n) is 3.42. The summed E-state index contributed by atoms with van der Waals surface area (Å²) in [5, 5.41) is 0.854. The minimum absolute atomic E-state index is 0.265. The molecule has 1 atom stereocenters. The molecule has 0 saturated carbocycles. The van der Waals surface area contributed by atoms with Crippen molar-refractivity contribution in [1.29, 1.82) is 0 Å². The second kappa shape index (κ2) is 9.16. The summed E-state index contributed by atoms with van der Waals surface area (Å²) >= 11 is 12.1. The summed E-state index contributed by atoms with van der Waals surface area (Å²) in [7, 11) is 0. The number of nitrogens with two attached hydrogens (primary N) is 1. The molecular weight excluding hydrogens is 309 g/mol. The van der Waals surface area contributed by atoms with Gasteiger partial charge in [-0.05, 0) is 31.0 Å². The van der Waals surface area contributed by atoms with Crippen LogP contribution in [0.25, 0.3) is 0 Å². The number of benzene rings is 1. The molecule has 5 heteroatoms. The highest BCUT2D eigenvalue weighted by Gasteiger charge is 2.25. The van der Waals surface area contributed by atoms with Crippen LogP contribution in [0.2, 0.25) is 10.0 Å². The van der Waals surface area contributed by atoms with Crippen LogP contribution in [0.4, 0.5) is 5.69 Å². The fraction of sp³-hybridized carbons (Fsp3) is 0.562. The van der Waals surface area contributed by atoms with E-state index in [1.54, 1.807) is 19.1 Å². The van der Waals surface area contributed by atoms with E-state index in [0.29, 0.717) is 34.3 Å². The lowest BCUT2D eigenvalue weighted by atomic mass is 9.91. The molecule has 0 saturated heterocycles. The third kappa shape index (κ3) is 5.40. The first-order valence-electron chi connectivity index (χ1n) is 7.42. The summed E-state index contributed by atoms with van der Waals surface area (Å²) in [5.74, 6) is -0.669. The molecule has 2 N–H and O–H groups in total. The maximum Gasteiger partial charge on any atom is 0.313 e. The number of carbonyl (C=O) groups excluding carboxylic acids is 1. The van der Waals surface area contributed by atoms with Gasteiger partial charge in [0.2, 0.25) is 0 Å². The number of ether oxygens (including phenoxy) is 1. The van der Waals surface area contributed by atoms with Gasteiger partial charge in [-0.25, -0.2) is 0 Å². The molecule has 0 spiro atoms. The average Bonchev–Trinajstić information content (AvgIpc) is 2.43. The van der Waals surface area contributed by atoms with Gasteiger partial charge >= 0.3 is 5.97 Å². The van der Waals surface area contributed by atoms with E-state index in [1.165, 1.54) is 0 Å². The van der Waals surface area contributed by atoms with Gasteiger partial charge in [-0.2, -0.15) is 0 Å². The molecule has 0 amide bonds. The van der Waals surface area contributed by atoms with Crippen LogP contribution in [-0.2, 0) is 9.53 Å². The van der Waals surface area contributed by atoms with Crippen LogP contribution >= 0.6 is 23.2 Å². The highest BCUT2D eigenvalue weighted by atomic mass is 35.5. The molecular formula is C16H23Cl2NO2. The van der Waals surface area contributed by atoms with Gasteiger partial charge in [0.25, 0.3) is 0 Å². The van der Waals surface area contributed by atoms with Crippen molar-refractivity contribution in [2.75, 3.05) is 12.3 Å². The Labute approximate surface area is 136 Å². The maximum atomic E-state index is 12.2. The summed E-state index contributed by atoms with van der Waals surface area (Å²) < 4.78 is 5.17. The molecule has 1 aromatic carbocycles. The standard InChI is InChI=1S/C16H23Cl2NO2/c1-3-5-6-7-8-12(16(20)21-4-2)13-9-11(17)10-14(18)15(13)19/h9-10,12H,3-8,19H2,1-2H3. The van der Waals surface area contributed by atoms with Gasteiger partial charge in [-0.3, -0.25) is 4.79 Å². The summed E-state index contributed by atoms with van der Waals surface area (Å²) in [5.41, 5.74) is 7.10. The zero-order valence-corrected chi connectivity index (χ0v) is 14.1. The van der Waals surface area contributed by atoms with Crippen LogP contribution in [0.15, 0.2) is 12.1 Å². The van der Waals surface area contributed by atoms with Crippen LogP contribution in [0.3, 0.4) is 0 Å². The van der Waals surface area contributed by atoms with Gasteiger partial charge < -0.3 is 10.5 Å². The molecule has 1 rings (SSSR count). The molecule has 118 valence electrons. The first-order chi connectivity index (χ1) is 10.0. The maximum absolute atomic E-state index is 12.2. The fourth-order valence-corrected chi connectivity index (χ4v) is 2.82. The van der Waals surface area contributed by atoms with Crippen molar-refractivity contribution in [3.8, 4) is 0 Å². The van der Waals surface area contributed by atoms with Gasteiger partial charge in [0.1, 0.15) is 0 Å². The Kier molecular flexibility index (Phi) is 7.91. The number of nitrogen functional groups attached to an aromatic ring is 1. The van der Waals surface area contributed by atoms with E-state index in [4.69, 9.17) is 33.7 Å². The number of hydrogen-bond acceptors (Lipinski definition) is 3.